The minimum atomic E-state index is 0.0270. The van der Waals surface area contributed by atoms with Gasteiger partial charge in [0.2, 0.25) is 0 Å². The van der Waals surface area contributed by atoms with E-state index < -0.39 is 0 Å². The Kier molecular flexibility index (Phi) is 4.77. The van der Waals surface area contributed by atoms with E-state index in [2.05, 4.69) is 22.0 Å². The van der Waals surface area contributed by atoms with Gasteiger partial charge in [-0.15, -0.1) is 0 Å². The number of carbonyl (C=O) groups is 1. The summed E-state index contributed by atoms with van der Waals surface area (Å²) in [6.07, 6.45) is 1.69. The van der Waals surface area contributed by atoms with E-state index in [4.69, 9.17) is 4.74 Å². The van der Waals surface area contributed by atoms with E-state index in [0.717, 1.165) is 60.1 Å². The SMILES string of the molecule is COc1ccc(-c2c(C)nn3c(C)c(C(=O)N4CCN(C)CC4)cnc23)cc1. The Morgan fingerprint density at radius 2 is 1.75 bits per heavy atom. The van der Waals surface area contributed by atoms with Crippen LogP contribution < -0.4 is 4.74 Å². The number of benzene rings is 1. The number of amides is 1. The maximum Gasteiger partial charge on any atom is 0.257 e. The summed E-state index contributed by atoms with van der Waals surface area (Å²) in [5.74, 6) is 0.834. The quantitative estimate of drug-likeness (QED) is 0.699. The molecule has 0 radical (unpaired) electrons. The summed E-state index contributed by atoms with van der Waals surface area (Å²) in [4.78, 5) is 21.8. The van der Waals surface area contributed by atoms with Crippen molar-refractivity contribution in [1.29, 1.82) is 0 Å². The Hall–Kier alpha value is -2.93. The van der Waals surface area contributed by atoms with Gasteiger partial charge < -0.3 is 14.5 Å². The fourth-order valence-corrected chi connectivity index (χ4v) is 3.69. The van der Waals surface area contributed by atoms with E-state index in [9.17, 15) is 4.79 Å². The van der Waals surface area contributed by atoms with Crippen molar-refractivity contribution < 1.29 is 9.53 Å². The molecule has 0 aliphatic carbocycles. The number of methoxy groups -OCH3 is 1. The summed E-state index contributed by atoms with van der Waals surface area (Å²) in [6.45, 7) is 7.16. The maximum absolute atomic E-state index is 13.0. The topological polar surface area (TPSA) is 63.0 Å². The molecule has 0 saturated carbocycles. The van der Waals surface area contributed by atoms with Gasteiger partial charge in [-0.2, -0.15) is 5.10 Å². The Balaban J connectivity index is 1.73. The molecule has 0 atom stereocenters. The van der Waals surface area contributed by atoms with Crippen molar-refractivity contribution in [2.45, 2.75) is 13.8 Å². The number of piperazine rings is 1. The number of nitrogens with zero attached hydrogens (tertiary/aromatic N) is 5. The van der Waals surface area contributed by atoms with Gasteiger partial charge in [0, 0.05) is 37.9 Å². The lowest BCUT2D eigenvalue weighted by Gasteiger charge is -2.32. The predicted octanol–water partition coefficient (Wildman–Crippen LogP) is 2.41. The first-order chi connectivity index (χ1) is 13.5. The smallest absolute Gasteiger partial charge is 0.257 e. The largest absolute Gasteiger partial charge is 0.497 e. The molecule has 1 aliphatic heterocycles. The van der Waals surface area contributed by atoms with Crippen molar-refractivity contribution in [3.8, 4) is 16.9 Å². The molecular weight excluding hydrogens is 354 g/mol. The number of ether oxygens (including phenoxy) is 1. The van der Waals surface area contributed by atoms with Crippen LogP contribution in [0.25, 0.3) is 16.8 Å². The van der Waals surface area contributed by atoms with Gasteiger partial charge in [0.05, 0.1) is 24.1 Å². The zero-order valence-electron chi connectivity index (χ0n) is 16.8. The second-order valence-electron chi connectivity index (χ2n) is 7.28. The van der Waals surface area contributed by atoms with Crippen LogP contribution in [-0.2, 0) is 0 Å². The molecule has 1 fully saturated rings. The predicted molar refractivity (Wildman–Crippen MR) is 108 cm³/mol. The van der Waals surface area contributed by atoms with Gasteiger partial charge in [0.1, 0.15) is 5.75 Å². The van der Waals surface area contributed by atoms with Crippen molar-refractivity contribution in [3.63, 3.8) is 0 Å². The first-order valence-electron chi connectivity index (χ1n) is 9.46. The van der Waals surface area contributed by atoms with Gasteiger partial charge in [0.15, 0.2) is 5.65 Å². The van der Waals surface area contributed by atoms with Crippen LogP contribution >= 0.6 is 0 Å². The number of carbonyl (C=O) groups excluding carboxylic acids is 1. The van der Waals surface area contributed by atoms with Crippen LogP contribution in [0.15, 0.2) is 30.5 Å². The third-order valence-electron chi connectivity index (χ3n) is 5.46. The molecule has 1 amide bonds. The highest BCUT2D eigenvalue weighted by molar-refractivity contribution is 5.95. The van der Waals surface area contributed by atoms with E-state index in [-0.39, 0.29) is 5.91 Å². The molecule has 3 aromatic rings. The molecule has 1 saturated heterocycles. The Morgan fingerprint density at radius 3 is 2.39 bits per heavy atom. The minimum Gasteiger partial charge on any atom is -0.497 e. The molecule has 2 aromatic heterocycles. The molecule has 0 spiro atoms. The summed E-state index contributed by atoms with van der Waals surface area (Å²) in [6, 6.07) is 7.86. The van der Waals surface area contributed by atoms with Gasteiger partial charge in [-0.3, -0.25) is 4.79 Å². The second-order valence-corrected chi connectivity index (χ2v) is 7.28. The fraction of sp³-hybridized carbons (Fsp3) is 0.381. The number of fused-ring (bicyclic) bond motifs is 1. The lowest BCUT2D eigenvalue weighted by molar-refractivity contribution is 0.0662. The molecule has 7 heteroatoms. The number of hydrogen-bond acceptors (Lipinski definition) is 5. The van der Waals surface area contributed by atoms with Crippen molar-refractivity contribution >= 4 is 11.6 Å². The summed E-state index contributed by atoms with van der Waals surface area (Å²) in [7, 11) is 3.73. The fourth-order valence-electron chi connectivity index (χ4n) is 3.69. The second kappa shape index (κ2) is 7.24. The summed E-state index contributed by atoms with van der Waals surface area (Å²) in [5, 5.41) is 4.68. The third-order valence-corrected chi connectivity index (χ3v) is 5.46. The van der Waals surface area contributed by atoms with Crippen molar-refractivity contribution in [2.24, 2.45) is 0 Å². The molecule has 146 valence electrons. The van der Waals surface area contributed by atoms with E-state index in [1.54, 1.807) is 17.8 Å². The monoisotopic (exact) mass is 379 g/mol. The number of hydrogen-bond donors (Lipinski definition) is 0. The molecule has 7 nitrogen and oxygen atoms in total. The summed E-state index contributed by atoms with van der Waals surface area (Å²) < 4.78 is 7.04. The molecular formula is C21H25N5O2. The number of rotatable bonds is 3. The molecule has 0 bridgehead atoms. The highest BCUT2D eigenvalue weighted by atomic mass is 16.5. The van der Waals surface area contributed by atoms with Crippen LogP contribution in [0.1, 0.15) is 21.7 Å². The third kappa shape index (κ3) is 3.11. The van der Waals surface area contributed by atoms with Gasteiger partial charge in [-0.25, -0.2) is 9.50 Å². The lowest BCUT2D eigenvalue weighted by Crippen LogP contribution is -2.47. The Labute approximate surface area is 164 Å². The number of aromatic nitrogens is 3. The Morgan fingerprint density at radius 1 is 1.07 bits per heavy atom. The highest BCUT2D eigenvalue weighted by Crippen LogP contribution is 2.29. The van der Waals surface area contributed by atoms with Crippen LogP contribution in [0.3, 0.4) is 0 Å². The molecule has 0 N–H and O–H groups in total. The van der Waals surface area contributed by atoms with Crippen molar-refractivity contribution in [3.05, 3.63) is 47.4 Å². The molecule has 1 aliphatic rings. The van der Waals surface area contributed by atoms with E-state index >= 15 is 0 Å². The average molecular weight is 379 g/mol. The van der Waals surface area contributed by atoms with Gasteiger partial charge in [-0.1, -0.05) is 12.1 Å². The maximum atomic E-state index is 13.0. The average Bonchev–Trinajstić information content (AvgIpc) is 3.05. The molecule has 4 rings (SSSR count). The standard InChI is InChI=1S/C21H25N5O2/c1-14-19(16-5-7-17(28-4)8-6-16)20-22-13-18(15(2)26(20)23-14)21(27)25-11-9-24(3)10-12-25/h5-8,13H,9-12H2,1-4H3. The Bertz CT molecular complexity index is 1020. The van der Waals surface area contributed by atoms with Gasteiger partial charge in [0.25, 0.3) is 5.91 Å². The highest BCUT2D eigenvalue weighted by Gasteiger charge is 2.24. The summed E-state index contributed by atoms with van der Waals surface area (Å²) in [5.41, 5.74) is 5.07. The van der Waals surface area contributed by atoms with Gasteiger partial charge >= 0.3 is 0 Å². The summed E-state index contributed by atoms with van der Waals surface area (Å²) >= 11 is 0. The normalized spacial score (nSPS) is 15.2. The zero-order chi connectivity index (χ0) is 19.8. The lowest BCUT2D eigenvalue weighted by atomic mass is 10.1. The van der Waals surface area contributed by atoms with Gasteiger partial charge in [-0.05, 0) is 38.6 Å². The van der Waals surface area contributed by atoms with Crippen molar-refractivity contribution in [2.75, 3.05) is 40.3 Å². The van der Waals surface area contributed by atoms with Crippen LogP contribution in [-0.4, -0.2) is 70.6 Å². The van der Waals surface area contributed by atoms with E-state index in [1.807, 2.05) is 43.0 Å². The number of likely N-dealkylation sites (N-methyl/N-ethyl adjacent to an activating group) is 1. The van der Waals surface area contributed by atoms with Crippen LogP contribution in [0.4, 0.5) is 0 Å². The van der Waals surface area contributed by atoms with E-state index in [1.165, 1.54) is 0 Å². The molecule has 1 aromatic carbocycles. The number of aryl methyl sites for hydroxylation is 2. The molecule has 3 heterocycles. The molecule has 0 unspecified atom stereocenters. The minimum absolute atomic E-state index is 0.0270. The first-order valence-corrected chi connectivity index (χ1v) is 9.46. The zero-order valence-corrected chi connectivity index (χ0v) is 16.8. The van der Waals surface area contributed by atoms with Crippen LogP contribution in [0.2, 0.25) is 0 Å². The van der Waals surface area contributed by atoms with Crippen LogP contribution in [0.5, 0.6) is 5.75 Å². The molecule has 28 heavy (non-hydrogen) atoms. The van der Waals surface area contributed by atoms with E-state index in [0.29, 0.717) is 5.56 Å². The first kappa shape index (κ1) is 18.4. The van der Waals surface area contributed by atoms with Crippen LogP contribution in [0, 0.1) is 13.8 Å². The van der Waals surface area contributed by atoms with Crippen molar-refractivity contribution in [1.82, 2.24) is 24.4 Å².